The number of hydrogen-bond donors (Lipinski definition) is 1. The van der Waals surface area contributed by atoms with Crippen molar-refractivity contribution in [3.63, 3.8) is 0 Å². The predicted molar refractivity (Wildman–Crippen MR) is 158 cm³/mol. The Hall–Kier alpha value is -3.56. The Balaban J connectivity index is 1.05. The Kier molecular flexibility index (Phi) is 7.69. The molecular weight excluding hydrogens is 530 g/mol. The van der Waals surface area contributed by atoms with Crippen molar-refractivity contribution in [3.8, 4) is 17.3 Å². The van der Waals surface area contributed by atoms with Gasteiger partial charge in [-0.15, -0.1) is 11.3 Å². The predicted octanol–water partition coefficient (Wildman–Crippen LogP) is 4.67. The third-order valence-electron chi connectivity index (χ3n) is 7.41. The molecule has 2 aromatic heterocycles. The lowest BCUT2D eigenvalue weighted by Gasteiger charge is -2.35. The van der Waals surface area contributed by atoms with Gasteiger partial charge in [-0.1, -0.05) is 12.1 Å². The summed E-state index contributed by atoms with van der Waals surface area (Å²) in [5.41, 5.74) is 2.38. The normalized spacial score (nSPS) is 17.5. The van der Waals surface area contributed by atoms with E-state index < -0.39 is 0 Å². The van der Waals surface area contributed by atoms with Crippen LogP contribution in [-0.2, 0) is 0 Å². The van der Waals surface area contributed by atoms with Gasteiger partial charge in [-0.05, 0) is 37.8 Å². The highest BCUT2D eigenvalue weighted by atomic mass is 32.2. The highest BCUT2D eigenvalue weighted by Gasteiger charge is 2.26. The maximum atomic E-state index is 12.9. The summed E-state index contributed by atoms with van der Waals surface area (Å²) in [4.78, 5) is 36.3. The van der Waals surface area contributed by atoms with Gasteiger partial charge in [0.15, 0.2) is 5.13 Å². The Labute approximate surface area is 236 Å². The van der Waals surface area contributed by atoms with Gasteiger partial charge in [-0.2, -0.15) is 15.2 Å². The van der Waals surface area contributed by atoms with E-state index in [9.17, 15) is 4.79 Å². The Morgan fingerprint density at radius 1 is 0.846 bits per heavy atom. The van der Waals surface area contributed by atoms with Crippen LogP contribution in [0.2, 0.25) is 0 Å². The van der Waals surface area contributed by atoms with E-state index in [0.29, 0.717) is 23.8 Å². The number of amides is 1. The molecule has 0 aliphatic carbocycles. The van der Waals surface area contributed by atoms with Crippen LogP contribution in [0.15, 0.2) is 35.7 Å². The van der Waals surface area contributed by atoms with Gasteiger partial charge in [0.2, 0.25) is 5.95 Å². The molecule has 1 N–H and O–H groups in total. The van der Waals surface area contributed by atoms with Gasteiger partial charge in [-0.25, -0.2) is 4.98 Å². The molecule has 3 aliphatic rings. The molecule has 12 heteroatoms. The van der Waals surface area contributed by atoms with Gasteiger partial charge >= 0.3 is 5.24 Å². The standard InChI is InChI=1S/C27H31N9OS2/c28-18-20-5-7-21(8-6-20)22-19-38-26(29-22)32-39-27(37)36-15-13-34(14-16-36)24-17-23(33-9-1-2-10-33)30-25(31-24)35-11-3-4-12-35/h5-8,17,19H,1-4,9-16H2,(H,29,32). The number of aromatic nitrogens is 3. The Morgan fingerprint density at radius 2 is 1.46 bits per heavy atom. The molecular formula is C27H31N9OS2. The first kappa shape index (κ1) is 25.7. The second-order valence-corrected chi connectivity index (χ2v) is 11.6. The van der Waals surface area contributed by atoms with Crippen LogP contribution in [0.25, 0.3) is 11.3 Å². The number of piperazine rings is 1. The molecule has 3 saturated heterocycles. The summed E-state index contributed by atoms with van der Waals surface area (Å²) in [5, 5.41) is 11.6. The maximum Gasteiger partial charge on any atom is 0.302 e. The van der Waals surface area contributed by atoms with Gasteiger partial charge in [0, 0.05) is 81.3 Å². The lowest BCUT2D eigenvalue weighted by Crippen LogP contribution is -2.48. The first-order valence-corrected chi connectivity index (χ1v) is 15.2. The second kappa shape index (κ2) is 11.7. The Bertz CT molecular complexity index is 1300. The molecule has 0 bridgehead atoms. The van der Waals surface area contributed by atoms with Crippen molar-refractivity contribution in [2.75, 3.05) is 71.8 Å². The molecule has 0 atom stereocenters. The molecule has 3 aromatic rings. The third-order valence-corrected chi connectivity index (χ3v) is 9.02. The molecule has 202 valence electrons. The number of nitrogens with one attached hydrogen (secondary N) is 1. The molecule has 0 unspecified atom stereocenters. The number of nitrogens with zero attached hydrogens (tertiary/aromatic N) is 8. The molecule has 1 aromatic carbocycles. The van der Waals surface area contributed by atoms with Crippen LogP contribution >= 0.6 is 23.3 Å². The smallest absolute Gasteiger partial charge is 0.302 e. The number of nitriles is 1. The topological polar surface area (TPSA) is 105 Å². The molecule has 10 nitrogen and oxygen atoms in total. The number of rotatable bonds is 6. The molecule has 39 heavy (non-hydrogen) atoms. The molecule has 0 spiro atoms. The van der Waals surface area contributed by atoms with Crippen LogP contribution in [0.4, 0.5) is 27.5 Å². The van der Waals surface area contributed by atoms with Crippen molar-refractivity contribution >= 4 is 51.2 Å². The average Bonchev–Trinajstić information content (AvgIpc) is 3.79. The molecule has 6 rings (SSSR count). The third kappa shape index (κ3) is 5.89. The molecule has 3 fully saturated rings. The van der Waals surface area contributed by atoms with Crippen molar-refractivity contribution in [2.24, 2.45) is 0 Å². The number of thiazole rings is 1. The molecule has 0 saturated carbocycles. The van der Waals surface area contributed by atoms with E-state index in [1.165, 1.54) is 37.0 Å². The van der Waals surface area contributed by atoms with E-state index in [1.54, 1.807) is 12.1 Å². The lowest BCUT2D eigenvalue weighted by atomic mass is 10.1. The van der Waals surface area contributed by atoms with Crippen molar-refractivity contribution in [2.45, 2.75) is 25.7 Å². The van der Waals surface area contributed by atoms with Gasteiger partial charge < -0.3 is 19.6 Å². The van der Waals surface area contributed by atoms with Crippen LogP contribution in [0.1, 0.15) is 31.2 Å². The highest BCUT2D eigenvalue weighted by molar-refractivity contribution is 8.14. The molecule has 5 heterocycles. The fraction of sp³-hybridized carbons (Fsp3) is 0.444. The molecule has 0 radical (unpaired) electrons. The molecule has 3 aliphatic heterocycles. The summed E-state index contributed by atoms with van der Waals surface area (Å²) in [6, 6.07) is 11.6. The van der Waals surface area contributed by atoms with Crippen molar-refractivity contribution < 1.29 is 4.79 Å². The number of hydrogen-bond acceptors (Lipinski definition) is 11. The van der Waals surface area contributed by atoms with E-state index in [2.05, 4.69) is 36.5 Å². The zero-order valence-electron chi connectivity index (χ0n) is 21.8. The van der Waals surface area contributed by atoms with Crippen molar-refractivity contribution in [1.29, 1.82) is 5.26 Å². The van der Waals surface area contributed by atoms with E-state index in [0.717, 1.165) is 80.1 Å². The van der Waals surface area contributed by atoms with Gasteiger partial charge in [-0.3, -0.25) is 9.52 Å². The SMILES string of the molecule is N#Cc1ccc(-c2csc(NSC(=O)N3CCN(c4cc(N5CCCC5)nc(N5CCCC5)n4)CC3)n2)cc1. The number of carbonyl (C=O) groups excluding carboxylic acids is 1. The van der Waals surface area contributed by atoms with Crippen molar-refractivity contribution in [1.82, 2.24) is 19.9 Å². The summed E-state index contributed by atoms with van der Waals surface area (Å²) < 4.78 is 3.11. The van der Waals surface area contributed by atoms with Crippen LogP contribution in [0.3, 0.4) is 0 Å². The van der Waals surface area contributed by atoms with Crippen LogP contribution in [0.5, 0.6) is 0 Å². The van der Waals surface area contributed by atoms with E-state index in [4.69, 9.17) is 15.2 Å². The quantitative estimate of drug-likeness (QED) is 0.427. The number of carbonyl (C=O) groups is 1. The summed E-state index contributed by atoms with van der Waals surface area (Å²) in [6.45, 7) is 6.90. The van der Waals surface area contributed by atoms with Gasteiger partial charge in [0.1, 0.15) is 11.6 Å². The van der Waals surface area contributed by atoms with Crippen LogP contribution < -0.4 is 19.4 Å². The van der Waals surface area contributed by atoms with Crippen LogP contribution in [0, 0.1) is 11.3 Å². The highest BCUT2D eigenvalue weighted by Crippen LogP contribution is 2.29. The summed E-state index contributed by atoms with van der Waals surface area (Å²) in [5.74, 6) is 2.83. The zero-order valence-corrected chi connectivity index (χ0v) is 23.4. The molecule has 1 amide bonds. The second-order valence-electron chi connectivity index (χ2n) is 9.94. The fourth-order valence-electron chi connectivity index (χ4n) is 5.18. The number of benzene rings is 1. The minimum Gasteiger partial charge on any atom is -0.356 e. The van der Waals surface area contributed by atoms with E-state index in [-0.39, 0.29) is 5.24 Å². The van der Waals surface area contributed by atoms with E-state index in [1.807, 2.05) is 22.4 Å². The summed E-state index contributed by atoms with van der Waals surface area (Å²) >= 11 is 2.53. The van der Waals surface area contributed by atoms with Gasteiger partial charge in [0.25, 0.3) is 0 Å². The largest absolute Gasteiger partial charge is 0.356 e. The van der Waals surface area contributed by atoms with Crippen molar-refractivity contribution in [3.05, 3.63) is 41.3 Å². The first-order chi connectivity index (χ1) is 19.2. The maximum absolute atomic E-state index is 12.9. The van der Waals surface area contributed by atoms with E-state index >= 15 is 0 Å². The minimum atomic E-state index is -0.0111. The van der Waals surface area contributed by atoms with Crippen LogP contribution in [-0.4, -0.2) is 77.4 Å². The summed E-state index contributed by atoms with van der Waals surface area (Å²) in [6.07, 6.45) is 4.80. The number of anilines is 4. The average molecular weight is 562 g/mol. The fourth-order valence-corrected chi connectivity index (χ4v) is 6.59. The van der Waals surface area contributed by atoms with Gasteiger partial charge in [0.05, 0.1) is 17.3 Å². The summed E-state index contributed by atoms with van der Waals surface area (Å²) in [7, 11) is 0. The Morgan fingerprint density at radius 3 is 2.10 bits per heavy atom. The monoisotopic (exact) mass is 561 g/mol. The lowest BCUT2D eigenvalue weighted by molar-refractivity contribution is 0.219. The first-order valence-electron chi connectivity index (χ1n) is 13.5. The minimum absolute atomic E-state index is 0.0111. The zero-order chi connectivity index (χ0) is 26.6.